The largest absolute Gasteiger partial charge is 0.341 e. The Hall–Kier alpha value is -2.21. The average Bonchev–Trinajstić information content (AvgIpc) is 2.97. The fourth-order valence-electron chi connectivity index (χ4n) is 1.68. The first-order valence-corrected chi connectivity index (χ1v) is 6.21. The quantitative estimate of drug-likeness (QED) is 0.742. The van der Waals surface area contributed by atoms with Crippen LogP contribution in [0.3, 0.4) is 0 Å². The molecule has 0 fully saturated rings. The summed E-state index contributed by atoms with van der Waals surface area (Å²) in [5, 5.41) is 3.35. The number of anilines is 1. The number of fused-ring (bicyclic) bond motifs is 1. The van der Waals surface area contributed by atoms with Gasteiger partial charge in [-0.1, -0.05) is 23.5 Å². The van der Waals surface area contributed by atoms with Crippen molar-refractivity contribution < 1.29 is 4.79 Å². The van der Waals surface area contributed by atoms with Gasteiger partial charge in [0, 0.05) is 0 Å². The highest BCUT2D eigenvalue weighted by atomic mass is 32.1. The number of H-pyrrole nitrogens is 1. The van der Waals surface area contributed by atoms with Crippen LogP contribution in [0.1, 0.15) is 16.1 Å². The third kappa shape index (κ3) is 1.86. The minimum Gasteiger partial charge on any atom is -0.341 e. The number of nitrogens with one attached hydrogen (secondary N) is 2. The fraction of sp³-hybridized carbons (Fsp3) is 0.0833. The molecule has 0 aliphatic rings. The lowest BCUT2D eigenvalue weighted by molar-refractivity contribution is 0.102. The number of nitrogens with zero attached hydrogens (tertiary/aromatic N) is 2. The number of para-hydroxylation sites is 1. The lowest BCUT2D eigenvalue weighted by atomic mass is 10.2. The number of imidazole rings is 1. The zero-order chi connectivity index (χ0) is 12.5. The van der Waals surface area contributed by atoms with Crippen molar-refractivity contribution in [2.24, 2.45) is 0 Å². The van der Waals surface area contributed by atoms with E-state index in [1.54, 1.807) is 0 Å². The Morgan fingerprint density at radius 2 is 2.33 bits per heavy atom. The van der Waals surface area contributed by atoms with E-state index >= 15 is 0 Å². The lowest BCUT2D eigenvalue weighted by Crippen LogP contribution is -2.11. The number of hydrogen-bond donors (Lipinski definition) is 2. The summed E-state index contributed by atoms with van der Waals surface area (Å²) in [6, 6.07) is 5.98. The summed E-state index contributed by atoms with van der Waals surface area (Å²) >= 11 is 1.46. The van der Waals surface area contributed by atoms with Crippen LogP contribution in [-0.4, -0.2) is 20.9 Å². The molecule has 0 unspecified atom stereocenters. The van der Waals surface area contributed by atoms with Gasteiger partial charge < -0.3 is 4.98 Å². The molecule has 2 N–H and O–H groups in total. The molecule has 0 saturated carbocycles. The SMILES string of the molecule is Cc1cccc2sc(NC(=O)c3cnc[nH]3)nc12. The van der Waals surface area contributed by atoms with Gasteiger partial charge in [0.1, 0.15) is 5.69 Å². The molecule has 0 bridgehead atoms. The second kappa shape index (κ2) is 4.23. The molecule has 0 atom stereocenters. The lowest BCUT2D eigenvalue weighted by Gasteiger charge is -1.96. The van der Waals surface area contributed by atoms with Crippen LogP contribution in [0.25, 0.3) is 10.2 Å². The molecular formula is C12H10N4OS. The Morgan fingerprint density at radius 3 is 3.06 bits per heavy atom. The first-order chi connectivity index (χ1) is 8.74. The Morgan fingerprint density at radius 1 is 1.44 bits per heavy atom. The second-order valence-corrected chi connectivity index (χ2v) is 4.89. The Kier molecular flexibility index (Phi) is 2.56. The zero-order valence-corrected chi connectivity index (χ0v) is 10.4. The van der Waals surface area contributed by atoms with Gasteiger partial charge in [0.05, 0.1) is 22.7 Å². The maximum absolute atomic E-state index is 11.8. The standard InChI is InChI=1S/C12H10N4OS/c1-7-3-2-4-9-10(7)15-12(18-9)16-11(17)8-5-13-6-14-8/h2-6H,1H3,(H,13,14)(H,15,16,17). The van der Waals surface area contributed by atoms with Crippen molar-refractivity contribution >= 4 is 32.6 Å². The third-order valence-corrected chi connectivity index (χ3v) is 3.52. The van der Waals surface area contributed by atoms with E-state index in [-0.39, 0.29) is 5.91 Å². The van der Waals surface area contributed by atoms with Crippen LogP contribution in [0.4, 0.5) is 5.13 Å². The summed E-state index contributed by atoms with van der Waals surface area (Å²) < 4.78 is 1.06. The topological polar surface area (TPSA) is 70.7 Å². The first kappa shape index (κ1) is 10.9. The molecule has 2 heterocycles. The molecular weight excluding hydrogens is 248 g/mol. The van der Waals surface area contributed by atoms with Crippen LogP contribution in [0.15, 0.2) is 30.7 Å². The molecule has 0 saturated heterocycles. The molecule has 6 heteroatoms. The Bertz CT molecular complexity index is 702. The molecule has 0 aliphatic heterocycles. The van der Waals surface area contributed by atoms with E-state index in [0.717, 1.165) is 15.8 Å². The summed E-state index contributed by atoms with van der Waals surface area (Å²) in [6.07, 6.45) is 2.95. The van der Waals surface area contributed by atoms with E-state index < -0.39 is 0 Å². The van der Waals surface area contributed by atoms with Gasteiger partial charge in [-0.3, -0.25) is 10.1 Å². The minimum absolute atomic E-state index is 0.232. The third-order valence-electron chi connectivity index (χ3n) is 2.58. The molecule has 3 aromatic rings. The zero-order valence-electron chi connectivity index (χ0n) is 9.60. The van der Waals surface area contributed by atoms with Crippen LogP contribution in [0.5, 0.6) is 0 Å². The number of hydrogen-bond acceptors (Lipinski definition) is 4. The highest BCUT2D eigenvalue weighted by molar-refractivity contribution is 7.22. The molecule has 1 amide bonds. The highest BCUT2D eigenvalue weighted by Crippen LogP contribution is 2.27. The average molecular weight is 258 g/mol. The van der Waals surface area contributed by atoms with Gasteiger partial charge in [-0.05, 0) is 18.6 Å². The van der Waals surface area contributed by atoms with E-state index in [0.29, 0.717) is 10.8 Å². The molecule has 18 heavy (non-hydrogen) atoms. The molecule has 5 nitrogen and oxygen atoms in total. The van der Waals surface area contributed by atoms with Crippen LogP contribution in [-0.2, 0) is 0 Å². The van der Waals surface area contributed by atoms with Gasteiger partial charge >= 0.3 is 0 Å². The van der Waals surface area contributed by atoms with Crippen molar-refractivity contribution in [1.82, 2.24) is 15.0 Å². The van der Waals surface area contributed by atoms with E-state index in [1.807, 2.05) is 25.1 Å². The second-order valence-electron chi connectivity index (χ2n) is 3.86. The predicted octanol–water partition coefficient (Wildman–Crippen LogP) is 2.58. The highest BCUT2D eigenvalue weighted by Gasteiger charge is 2.11. The summed E-state index contributed by atoms with van der Waals surface area (Å²) in [5.74, 6) is -0.232. The van der Waals surface area contributed by atoms with Gasteiger partial charge in [-0.2, -0.15) is 0 Å². The Labute approximate surface area is 107 Å². The van der Waals surface area contributed by atoms with Gasteiger partial charge in [0.2, 0.25) is 0 Å². The van der Waals surface area contributed by atoms with Crippen molar-refractivity contribution in [1.29, 1.82) is 0 Å². The van der Waals surface area contributed by atoms with Crippen molar-refractivity contribution in [3.05, 3.63) is 42.0 Å². The number of carbonyl (C=O) groups excluding carboxylic acids is 1. The number of thiazole rings is 1. The number of aromatic nitrogens is 3. The van der Waals surface area contributed by atoms with E-state index in [9.17, 15) is 4.79 Å². The summed E-state index contributed by atoms with van der Waals surface area (Å²) in [7, 11) is 0. The van der Waals surface area contributed by atoms with Crippen molar-refractivity contribution in [3.63, 3.8) is 0 Å². The van der Waals surface area contributed by atoms with Crippen LogP contribution < -0.4 is 5.32 Å². The number of aromatic amines is 1. The van der Waals surface area contributed by atoms with E-state index in [1.165, 1.54) is 23.9 Å². The predicted molar refractivity (Wildman–Crippen MR) is 70.9 cm³/mol. The maximum Gasteiger partial charge on any atom is 0.275 e. The van der Waals surface area contributed by atoms with Crippen LogP contribution in [0.2, 0.25) is 0 Å². The maximum atomic E-state index is 11.8. The summed E-state index contributed by atoms with van der Waals surface area (Å²) in [4.78, 5) is 22.8. The summed E-state index contributed by atoms with van der Waals surface area (Å²) in [6.45, 7) is 2.00. The normalized spacial score (nSPS) is 10.7. The smallest absolute Gasteiger partial charge is 0.275 e. The number of aryl methyl sites for hydroxylation is 1. The Balaban J connectivity index is 1.92. The fourth-order valence-corrected chi connectivity index (χ4v) is 2.62. The van der Waals surface area contributed by atoms with E-state index in [2.05, 4.69) is 20.3 Å². The van der Waals surface area contributed by atoms with Gasteiger partial charge in [-0.25, -0.2) is 9.97 Å². The molecule has 1 aromatic carbocycles. The van der Waals surface area contributed by atoms with Gasteiger partial charge in [-0.15, -0.1) is 0 Å². The molecule has 2 aromatic heterocycles. The molecule has 0 radical (unpaired) electrons. The molecule has 90 valence electrons. The number of amides is 1. The van der Waals surface area contributed by atoms with Crippen molar-refractivity contribution in [2.45, 2.75) is 6.92 Å². The van der Waals surface area contributed by atoms with Crippen molar-refractivity contribution in [2.75, 3.05) is 5.32 Å². The van der Waals surface area contributed by atoms with E-state index in [4.69, 9.17) is 0 Å². The molecule has 3 rings (SSSR count). The monoisotopic (exact) mass is 258 g/mol. The molecule has 0 aliphatic carbocycles. The van der Waals surface area contributed by atoms with Crippen LogP contribution in [0, 0.1) is 6.92 Å². The van der Waals surface area contributed by atoms with Gasteiger partial charge in [0.25, 0.3) is 5.91 Å². The summed E-state index contributed by atoms with van der Waals surface area (Å²) in [5.41, 5.74) is 2.46. The number of benzene rings is 1. The number of rotatable bonds is 2. The van der Waals surface area contributed by atoms with Gasteiger partial charge in [0.15, 0.2) is 5.13 Å². The van der Waals surface area contributed by atoms with Crippen LogP contribution >= 0.6 is 11.3 Å². The number of carbonyl (C=O) groups is 1. The minimum atomic E-state index is -0.232. The molecule has 0 spiro atoms. The first-order valence-electron chi connectivity index (χ1n) is 5.40. The van der Waals surface area contributed by atoms with Crippen molar-refractivity contribution in [3.8, 4) is 0 Å².